The summed E-state index contributed by atoms with van der Waals surface area (Å²) in [4.78, 5) is 23.8. The van der Waals surface area contributed by atoms with E-state index in [1.807, 2.05) is 0 Å². The van der Waals surface area contributed by atoms with Gasteiger partial charge in [0.1, 0.15) is 11.5 Å². The van der Waals surface area contributed by atoms with Gasteiger partial charge in [-0.3, -0.25) is 4.79 Å². The summed E-state index contributed by atoms with van der Waals surface area (Å²) in [5.41, 5.74) is 0.393. The number of esters is 1. The van der Waals surface area contributed by atoms with Gasteiger partial charge in [0.15, 0.2) is 6.10 Å². The Morgan fingerprint density at radius 3 is 2.79 bits per heavy atom. The first-order chi connectivity index (χ1) is 11.5. The summed E-state index contributed by atoms with van der Waals surface area (Å²) in [5, 5.41) is 3.05. The zero-order valence-electron chi connectivity index (χ0n) is 13.1. The molecule has 1 aromatic heterocycles. The Labute approximate surface area is 144 Å². The normalized spacial score (nSPS) is 12.0. The van der Waals surface area contributed by atoms with Crippen LogP contribution in [0.3, 0.4) is 0 Å². The van der Waals surface area contributed by atoms with Gasteiger partial charge in [-0.2, -0.15) is 0 Å². The molecule has 2 aromatic rings. The Bertz CT molecular complexity index is 739. The second kappa shape index (κ2) is 8.21. The second-order valence-electron chi connectivity index (χ2n) is 4.76. The number of amides is 1. The molecule has 1 N–H and O–H groups in total. The molecule has 0 unspecified atom stereocenters. The average molecular weight is 350 g/mol. The molecule has 0 saturated heterocycles. The number of rotatable bonds is 6. The van der Waals surface area contributed by atoms with Gasteiger partial charge < -0.3 is 19.2 Å². The molecule has 7 heteroatoms. The van der Waals surface area contributed by atoms with Gasteiger partial charge in [0.05, 0.1) is 19.1 Å². The van der Waals surface area contributed by atoms with Crippen LogP contribution in [-0.2, 0) is 14.3 Å². The maximum atomic E-state index is 12.1. The summed E-state index contributed by atoms with van der Waals surface area (Å²) < 4.78 is 15.2. The standard InChI is InChI=1S/C17H16ClNO5/c1-11(24-16(20)8-6-13-4-3-9-23-13)17(21)19-14-10-12(18)5-7-15(14)22-2/h3-11H,1-2H3,(H,19,21)/b8-6+/t11-/m1/s1. The van der Waals surface area contributed by atoms with Crippen molar-refractivity contribution in [3.63, 3.8) is 0 Å². The Balaban J connectivity index is 1.94. The molecule has 0 radical (unpaired) electrons. The largest absolute Gasteiger partial charge is 0.495 e. The predicted molar refractivity (Wildman–Crippen MR) is 89.9 cm³/mol. The maximum absolute atomic E-state index is 12.1. The highest BCUT2D eigenvalue weighted by Crippen LogP contribution is 2.27. The number of methoxy groups -OCH3 is 1. The highest BCUT2D eigenvalue weighted by molar-refractivity contribution is 6.31. The second-order valence-corrected chi connectivity index (χ2v) is 5.20. The van der Waals surface area contributed by atoms with E-state index in [4.69, 9.17) is 25.5 Å². The van der Waals surface area contributed by atoms with Crippen LogP contribution in [0.1, 0.15) is 12.7 Å². The van der Waals surface area contributed by atoms with Gasteiger partial charge >= 0.3 is 5.97 Å². The van der Waals surface area contributed by atoms with Crippen molar-refractivity contribution in [3.8, 4) is 5.75 Å². The fourth-order valence-electron chi connectivity index (χ4n) is 1.82. The molecule has 0 aliphatic carbocycles. The van der Waals surface area contributed by atoms with E-state index in [1.165, 1.54) is 32.4 Å². The minimum atomic E-state index is -0.998. The quantitative estimate of drug-likeness (QED) is 0.637. The van der Waals surface area contributed by atoms with E-state index in [1.54, 1.807) is 30.3 Å². The van der Waals surface area contributed by atoms with Gasteiger partial charge in [-0.1, -0.05) is 11.6 Å². The Kier molecular flexibility index (Phi) is 6.03. The van der Waals surface area contributed by atoms with E-state index in [9.17, 15) is 9.59 Å². The Morgan fingerprint density at radius 1 is 1.33 bits per heavy atom. The molecule has 24 heavy (non-hydrogen) atoms. The number of benzene rings is 1. The van der Waals surface area contributed by atoms with E-state index in [-0.39, 0.29) is 0 Å². The van der Waals surface area contributed by atoms with Gasteiger partial charge in [-0.15, -0.1) is 0 Å². The van der Waals surface area contributed by atoms with Crippen molar-refractivity contribution in [2.75, 3.05) is 12.4 Å². The number of furan rings is 1. The van der Waals surface area contributed by atoms with E-state index in [0.717, 1.165) is 0 Å². The lowest BCUT2D eigenvalue weighted by molar-refractivity contribution is -0.148. The lowest BCUT2D eigenvalue weighted by atomic mass is 10.2. The van der Waals surface area contributed by atoms with Crippen LogP contribution in [0.4, 0.5) is 5.69 Å². The first-order valence-corrected chi connectivity index (χ1v) is 7.44. The molecule has 1 amide bonds. The SMILES string of the molecule is COc1ccc(Cl)cc1NC(=O)[C@@H](C)OC(=O)/C=C/c1ccco1. The molecule has 126 valence electrons. The first-order valence-electron chi connectivity index (χ1n) is 7.06. The number of halogens is 1. The average Bonchev–Trinajstić information content (AvgIpc) is 3.06. The summed E-state index contributed by atoms with van der Waals surface area (Å²) in [6.07, 6.45) is 3.12. The molecule has 6 nitrogen and oxygen atoms in total. The lowest BCUT2D eigenvalue weighted by Crippen LogP contribution is -2.29. The molecule has 2 rings (SSSR count). The van der Waals surface area contributed by atoms with E-state index in [2.05, 4.69) is 5.32 Å². The van der Waals surface area contributed by atoms with Gasteiger partial charge in [0.2, 0.25) is 0 Å². The molecule has 0 aliphatic heterocycles. The van der Waals surface area contributed by atoms with E-state index >= 15 is 0 Å². The van der Waals surface area contributed by atoms with Crippen molar-refractivity contribution in [2.24, 2.45) is 0 Å². The highest BCUT2D eigenvalue weighted by Gasteiger charge is 2.18. The van der Waals surface area contributed by atoms with Crippen molar-refractivity contribution < 1.29 is 23.5 Å². The van der Waals surface area contributed by atoms with Crippen LogP contribution in [0.2, 0.25) is 5.02 Å². The van der Waals surface area contributed by atoms with Gasteiger partial charge in [-0.25, -0.2) is 4.79 Å². The number of anilines is 1. The fourth-order valence-corrected chi connectivity index (χ4v) is 1.99. The maximum Gasteiger partial charge on any atom is 0.331 e. The van der Waals surface area contributed by atoms with Crippen molar-refractivity contribution in [2.45, 2.75) is 13.0 Å². The Morgan fingerprint density at radius 2 is 2.12 bits per heavy atom. The van der Waals surface area contributed by atoms with Gasteiger partial charge in [0, 0.05) is 11.1 Å². The van der Waals surface area contributed by atoms with Crippen LogP contribution >= 0.6 is 11.6 Å². The van der Waals surface area contributed by atoms with Crippen molar-refractivity contribution in [1.29, 1.82) is 0 Å². The van der Waals surface area contributed by atoms with Crippen molar-refractivity contribution >= 4 is 35.2 Å². The summed E-state index contributed by atoms with van der Waals surface area (Å²) in [5.74, 6) is -0.209. The minimum Gasteiger partial charge on any atom is -0.495 e. The molecule has 0 bridgehead atoms. The van der Waals surface area contributed by atoms with Crippen LogP contribution in [0.15, 0.2) is 47.1 Å². The fraction of sp³-hybridized carbons (Fsp3) is 0.176. The summed E-state index contributed by atoms with van der Waals surface area (Å²) >= 11 is 5.90. The smallest absolute Gasteiger partial charge is 0.331 e. The monoisotopic (exact) mass is 349 g/mol. The third-order valence-corrected chi connectivity index (χ3v) is 3.24. The predicted octanol–water partition coefficient (Wildman–Crippen LogP) is 3.53. The number of nitrogens with one attached hydrogen (secondary N) is 1. The zero-order valence-corrected chi connectivity index (χ0v) is 13.9. The van der Waals surface area contributed by atoms with Crippen LogP contribution in [0.25, 0.3) is 6.08 Å². The lowest BCUT2D eigenvalue weighted by Gasteiger charge is -2.14. The summed E-state index contributed by atoms with van der Waals surface area (Å²) in [6.45, 7) is 1.46. The molecular formula is C17H16ClNO5. The van der Waals surface area contributed by atoms with Crippen LogP contribution in [0, 0.1) is 0 Å². The van der Waals surface area contributed by atoms with Crippen LogP contribution in [0.5, 0.6) is 5.75 Å². The highest BCUT2D eigenvalue weighted by atomic mass is 35.5. The van der Waals surface area contributed by atoms with Crippen molar-refractivity contribution in [3.05, 3.63) is 53.5 Å². The molecule has 0 spiro atoms. The molecule has 0 saturated carbocycles. The molecule has 1 aromatic carbocycles. The molecule has 0 aliphatic rings. The number of carbonyl (C=O) groups excluding carboxylic acids is 2. The third kappa shape index (κ3) is 4.89. The number of hydrogen-bond donors (Lipinski definition) is 1. The molecule has 1 atom stereocenters. The third-order valence-electron chi connectivity index (χ3n) is 3.01. The number of carbonyl (C=O) groups is 2. The summed E-state index contributed by atoms with van der Waals surface area (Å²) in [6, 6.07) is 8.19. The number of hydrogen-bond acceptors (Lipinski definition) is 5. The molecule has 0 fully saturated rings. The van der Waals surface area contributed by atoms with Gasteiger partial charge in [-0.05, 0) is 43.3 Å². The number of ether oxygens (including phenoxy) is 2. The topological polar surface area (TPSA) is 77.8 Å². The van der Waals surface area contributed by atoms with Crippen molar-refractivity contribution in [1.82, 2.24) is 0 Å². The van der Waals surface area contributed by atoms with E-state index in [0.29, 0.717) is 22.2 Å². The zero-order chi connectivity index (χ0) is 17.5. The van der Waals surface area contributed by atoms with Gasteiger partial charge in [0.25, 0.3) is 5.91 Å². The minimum absolute atomic E-state index is 0.393. The van der Waals surface area contributed by atoms with Crippen LogP contribution < -0.4 is 10.1 Å². The Hall–Kier alpha value is -2.73. The van der Waals surface area contributed by atoms with E-state index < -0.39 is 18.0 Å². The summed E-state index contributed by atoms with van der Waals surface area (Å²) in [7, 11) is 1.47. The van der Waals surface area contributed by atoms with Crippen LogP contribution in [-0.4, -0.2) is 25.1 Å². The molecular weight excluding hydrogens is 334 g/mol. The molecule has 1 heterocycles. The first kappa shape index (κ1) is 17.6.